The number of carbonyl (C=O) groups is 1. The average molecular weight is 312 g/mol. The summed E-state index contributed by atoms with van der Waals surface area (Å²) >= 11 is 0. The molecule has 5 nitrogen and oxygen atoms in total. The second-order valence-electron chi connectivity index (χ2n) is 4.63. The smallest absolute Gasteiger partial charge is 0.239 e. The van der Waals surface area contributed by atoms with Crippen LogP contribution in [0.2, 0.25) is 0 Å². The fourth-order valence-corrected chi connectivity index (χ4v) is 1.66. The first-order valence-electron chi connectivity index (χ1n) is 7.29. The van der Waals surface area contributed by atoms with Crippen molar-refractivity contribution in [3.05, 3.63) is 35.4 Å². The Hall–Kier alpha value is -2.18. The number of halogens is 2. The van der Waals surface area contributed by atoms with Gasteiger partial charge in [0.05, 0.1) is 13.1 Å². The van der Waals surface area contributed by atoms with Crippen LogP contribution in [-0.4, -0.2) is 31.5 Å². The largest absolute Gasteiger partial charge is 0.357 e. The van der Waals surface area contributed by atoms with Gasteiger partial charge < -0.3 is 16.0 Å². The Morgan fingerprint density at radius 2 is 1.95 bits per heavy atom. The molecule has 122 valence electrons. The van der Waals surface area contributed by atoms with Crippen LogP contribution < -0.4 is 16.0 Å². The maximum atomic E-state index is 13.5. The highest BCUT2D eigenvalue weighted by Crippen LogP contribution is 2.10. The van der Waals surface area contributed by atoms with Crippen LogP contribution in [0.3, 0.4) is 0 Å². The molecule has 3 N–H and O–H groups in total. The quantitative estimate of drug-likeness (QED) is 0.529. The lowest BCUT2D eigenvalue weighted by molar-refractivity contribution is -0.120. The van der Waals surface area contributed by atoms with Crippen molar-refractivity contribution in [1.29, 1.82) is 0 Å². The summed E-state index contributed by atoms with van der Waals surface area (Å²) in [7, 11) is 0. The lowest BCUT2D eigenvalue weighted by atomic mass is 10.2. The van der Waals surface area contributed by atoms with Crippen LogP contribution in [0.5, 0.6) is 0 Å². The van der Waals surface area contributed by atoms with E-state index in [1.807, 2.05) is 13.8 Å². The van der Waals surface area contributed by atoms with E-state index in [1.165, 1.54) is 0 Å². The number of aliphatic imine (C=N–C) groups is 1. The van der Waals surface area contributed by atoms with Gasteiger partial charge in [0.2, 0.25) is 5.91 Å². The molecule has 0 heterocycles. The number of guanidine groups is 1. The Bertz CT molecular complexity index is 520. The first kappa shape index (κ1) is 17.9. The third-order valence-electron chi connectivity index (χ3n) is 2.75. The molecule has 0 saturated heterocycles. The second kappa shape index (κ2) is 9.70. The zero-order valence-electron chi connectivity index (χ0n) is 12.9. The van der Waals surface area contributed by atoms with Crippen molar-refractivity contribution in [2.24, 2.45) is 4.99 Å². The Balaban J connectivity index is 2.61. The van der Waals surface area contributed by atoms with E-state index < -0.39 is 11.6 Å². The number of rotatable bonds is 7. The summed E-state index contributed by atoms with van der Waals surface area (Å²) in [4.78, 5) is 15.7. The standard InChI is InChI=1S/C15H22F2N4O/c1-3-7-19-14(22)10-21-15(18-4-2)20-9-11-8-12(16)5-6-13(11)17/h5-6,8H,3-4,7,9-10H2,1-2H3,(H,19,22)(H2,18,20,21). The summed E-state index contributed by atoms with van der Waals surface area (Å²) < 4.78 is 26.6. The second-order valence-corrected chi connectivity index (χ2v) is 4.63. The molecule has 0 aliphatic rings. The van der Waals surface area contributed by atoms with Crippen molar-refractivity contribution >= 4 is 11.9 Å². The SMILES string of the molecule is CCCNC(=O)CNC(=NCc1cc(F)ccc1F)NCC. The molecule has 1 amide bonds. The number of carbonyl (C=O) groups excluding carboxylic acids is 1. The Labute approximate surface area is 129 Å². The number of hydrogen-bond donors (Lipinski definition) is 3. The predicted octanol–water partition coefficient (Wildman–Crippen LogP) is 1.55. The van der Waals surface area contributed by atoms with Gasteiger partial charge in [0.25, 0.3) is 0 Å². The highest BCUT2D eigenvalue weighted by atomic mass is 19.1. The molecule has 0 radical (unpaired) electrons. The summed E-state index contributed by atoms with van der Waals surface area (Å²) in [6.07, 6.45) is 0.860. The summed E-state index contributed by atoms with van der Waals surface area (Å²) in [6, 6.07) is 3.24. The van der Waals surface area contributed by atoms with Gasteiger partial charge in [0.1, 0.15) is 11.6 Å². The monoisotopic (exact) mass is 312 g/mol. The first-order chi connectivity index (χ1) is 10.6. The maximum absolute atomic E-state index is 13.5. The molecule has 1 rings (SSSR count). The van der Waals surface area contributed by atoms with Gasteiger partial charge >= 0.3 is 0 Å². The summed E-state index contributed by atoms with van der Waals surface area (Å²) in [6.45, 7) is 5.09. The fourth-order valence-electron chi connectivity index (χ4n) is 1.66. The Morgan fingerprint density at radius 3 is 2.64 bits per heavy atom. The van der Waals surface area contributed by atoms with Gasteiger partial charge in [0, 0.05) is 18.7 Å². The van der Waals surface area contributed by atoms with E-state index in [4.69, 9.17) is 0 Å². The van der Waals surface area contributed by atoms with Crippen LogP contribution in [0, 0.1) is 11.6 Å². The zero-order valence-corrected chi connectivity index (χ0v) is 12.9. The molecule has 0 aliphatic carbocycles. The van der Waals surface area contributed by atoms with Crippen LogP contribution in [0.1, 0.15) is 25.8 Å². The van der Waals surface area contributed by atoms with Gasteiger partial charge in [0.15, 0.2) is 5.96 Å². The van der Waals surface area contributed by atoms with E-state index in [9.17, 15) is 13.6 Å². The first-order valence-corrected chi connectivity index (χ1v) is 7.29. The van der Waals surface area contributed by atoms with Gasteiger partial charge in [-0.3, -0.25) is 4.79 Å². The van der Waals surface area contributed by atoms with Crippen molar-refractivity contribution in [1.82, 2.24) is 16.0 Å². The Morgan fingerprint density at radius 1 is 1.18 bits per heavy atom. The maximum Gasteiger partial charge on any atom is 0.239 e. The molecule has 7 heteroatoms. The molecule has 22 heavy (non-hydrogen) atoms. The van der Waals surface area contributed by atoms with Gasteiger partial charge in [-0.2, -0.15) is 0 Å². The number of hydrogen-bond acceptors (Lipinski definition) is 2. The van der Waals surface area contributed by atoms with E-state index in [0.717, 1.165) is 24.6 Å². The van der Waals surface area contributed by atoms with Crippen molar-refractivity contribution in [2.75, 3.05) is 19.6 Å². The highest BCUT2D eigenvalue weighted by Gasteiger charge is 2.05. The molecule has 0 saturated carbocycles. The van der Waals surface area contributed by atoms with Crippen LogP contribution >= 0.6 is 0 Å². The summed E-state index contributed by atoms with van der Waals surface area (Å²) in [5.74, 6) is -0.799. The summed E-state index contributed by atoms with van der Waals surface area (Å²) in [5.41, 5.74) is 0.160. The minimum Gasteiger partial charge on any atom is -0.357 e. The molecule has 0 aliphatic heterocycles. The number of nitrogens with zero attached hydrogens (tertiary/aromatic N) is 1. The molecular weight excluding hydrogens is 290 g/mol. The minimum atomic E-state index is -0.512. The third-order valence-corrected chi connectivity index (χ3v) is 2.75. The molecule has 0 atom stereocenters. The molecule has 1 aromatic rings. The fraction of sp³-hybridized carbons (Fsp3) is 0.467. The lowest BCUT2D eigenvalue weighted by Gasteiger charge is -2.11. The summed E-state index contributed by atoms with van der Waals surface area (Å²) in [5, 5.41) is 8.51. The zero-order chi connectivity index (χ0) is 16.4. The number of benzene rings is 1. The van der Waals surface area contributed by atoms with E-state index in [-0.39, 0.29) is 24.6 Å². The Kier molecular flexibility index (Phi) is 7.88. The van der Waals surface area contributed by atoms with Gasteiger partial charge in [-0.1, -0.05) is 6.92 Å². The molecule has 0 aromatic heterocycles. The van der Waals surface area contributed by atoms with Crippen LogP contribution in [0.4, 0.5) is 8.78 Å². The van der Waals surface area contributed by atoms with Crippen molar-refractivity contribution in [3.8, 4) is 0 Å². The van der Waals surface area contributed by atoms with Gasteiger partial charge in [-0.25, -0.2) is 13.8 Å². The topological polar surface area (TPSA) is 65.5 Å². The van der Waals surface area contributed by atoms with Gasteiger partial charge in [-0.05, 0) is 31.5 Å². The van der Waals surface area contributed by atoms with E-state index >= 15 is 0 Å². The van der Waals surface area contributed by atoms with Crippen molar-refractivity contribution in [2.45, 2.75) is 26.8 Å². The van der Waals surface area contributed by atoms with E-state index in [0.29, 0.717) is 19.0 Å². The van der Waals surface area contributed by atoms with Crippen LogP contribution in [-0.2, 0) is 11.3 Å². The molecular formula is C15H22F2N4O. The molecule has 1 aromatic carbocycles. The van der Waals surface area contributed by atoms with Crippen molar-refractivity contribution in [3.63, 3.8) is 0 Å². The third kappa shape index (κ3) is 6.51. The van der Waals surface area contributed by atoms with Crippen LogP contribution in [0.15, 0.2) is 23.2 Å². The number of nitrogens with one attached hydrogen (secondary N) is 3. The van der Waals surface area contributed by atoms with Gasteiger partial charge in [-0.15, -0.1) is 0 Å². The molecule has 0 fully saturated rings. The van der Waals surface area contributed by atoms with E-state index in [2.05, 4.69) is 20.9 Å². The normalized spacial score (nSPS) is 11.2. The van der Waals surface area contributed by atoms with E-state index in [1.54, 1.807) is 0 Å². The van der Waals surface area contributed by atoms with Crippen LogP contribution in [0.25, 0.3) is 0 Å². The molecule has 0 unspecified atom stereocenters. The lowest BCUT2D eigenvalue weighted by Crippen LogP contribution is -2.43. The minimum absolute atomic E-state index is 0.0183. The molecule has 0 spiro atoms. The highest BCUT2D eigenvalue weighted by molar-refractivity contribution is 5.86. The molecule has 0 bridgehead atoms. The predicted molar refractivity (Wildman–Crippen MR) is 82.5 cm³/mol. The average Bonchev–Trinajstić information content (AvgIpc) is 2.51. The van der Waals surface area contributed by atoms with Crippen molar-refractivity contribution < 1.29 is 13.6 Å². The number of amides is 1.